The number of nitrogens with one attached hydrogen (secondary N) is 2. The third-order valence-electron chi connectivity index (χ3n) is 3.44. The molecule has 1 aromatic carbocycles. The molecule has 0 saturated carbocycles. The number of thiocarbonyl (C=S) groups is 1. The zero-order chi connectivity index (χ0) is 17.0. The summed E-state index contributed by atoms with van der Waals surface area (Å²) < 4.78 is 19.5. The first-order chi connectivity index (χ1) is 11.0. The highest BCUT2D eigenvalue weighted by atomic mass is 35.5. The second kappa shape index (κ2) is 7.75. The fourth-order valence-electron chi connectivity index (χ4n) is 2.52. The predicted molar refractivity (Wildman–Crippen MR) is 91.6 cm³/mol. The van der Waals surface area contributed by atoms with E-state index in [-0.39, 0.29) is 17.2 Å². The molecule has 23 heavy (non-hydrogen) atoms. The van der Waals surface area contributed by atoms with Crippen molar-refractivity contribution in [2.75, 3.05) is 6.61 Å². The number of ether oxygens (including phenoxy) is 1. The van der Waals surface area contributed by atoms with Crippen molar-refractivity contribution in [3.63, 3.8) is 0 Å². The van der Waals surface area contributed by atoms with Crippen LogP contribution in [0.3, 0.4) is 0 Å². The standard InChI is InChI=1S/C16H18ClFN2O2S/c1-3-6-11-13(15(21)22-4-2)14(20-16(23)19-11)12-9(17)7-5-8-10(12)18/h5,7-8,14H,3-4,6H2,1-2H3,(H2,19,20,23)/t14-/m1/s1. The Balaban J connectivity index is 2.60. The number of allylic oxidation sites excluding steroid dienone is 1. The number of rotatable bonds is 5. The Bertz CT molecular complexity index is 643. The molecule has 2 rings (SSSR count). The lowest BCUT2D eigenvalue weighted by atomic mass is 9.93. The molecule has 4 nitrogen and oxygen atoms in total. The van der Waals surface area contributed by atoms with Gasteiger partial charge in [-0.1, -0.05) is 31.0 Å². The van der Waals surface area contributed by atoms with Gasteiger partial charge in [0.25, 0.3) is 0 Å². The van der Waals surface area contributed by atoms with Crippen molar-refractivity contribution in [1.29, 1.82) is 0 Å². The zero-order valence-corrected chi connectivity index (χ0v) is 14.5. The summed E-state index contributed by atoms with van der Waals surface area (Å²) in [5.41, 5.74) is 1.14. The third-order valence-corrected chi connectivity index (χ3v) is 3.99. The van der Waals surface area contributed by atoms with E-state index >= 15 is 0 Å². The number of carbonyl (C=O) groups excluding carboxylic acids is 1. The van der Waals surface area contributed by atoms with Crippen LogP contribution < -0.4 is 10.6 Å². The molecule has 1 aliphatic rings. The van der Waals surface area contributed by atoms with Crippen molar-refractivity contribution in [2.45, 2.75) is 32.7 Å². The van der Waals surface area contributed by atoms with E-state index < -0.39 is 17.8 Å². The Hall–Kier alpha value is -1.66. The molecule has 0 saturated heterocycles. The number of hydrogen-bond donors (Lipinski definition) is 2. The molecule has 0 unspecified atom stereocenters. The summed E-state index contributed by atoms with van der Waals surface area (Å²) in [6.45, 7) is 3.93. The molecule has 0 bridgehead atoms. The number of halogens is 2. The molecule has 0 amide bonds. The lowest BCUT2D eigenvalue weighted by Gasteiger charge is -2.31. The van der Waals surface area contributed by atoms with Gasteiger partial charge < -0.3 is 15.4 Å². The number of benzene rings is 1. The van der Waals surface area contributed by atoms with Gasteiger partial charge in [0.1, 0.15) is 5.82 Å². The van der Waals surface area contributed by atoms with Gasteiger partial charge in [-0.15, -0.1) is 0 Å². The second-order valence-corrected chi connectivity index (χ2v) is 5.84. The summed E-state index contributed by atoms with van der Waals surface area (Å²) in [6, 6.07) is 3.62. The van der Waals surface area contributed by atoms with E-state index in [4.69, 9.17) is 28.6 Å². The highest BCUT2D eigenvalue weighted by molar-refractivity contribution is 7.80. The normalized spacial score (nSPS) is 17.6. The molecular formula is C16H18ClFN2O2S. The Morgan fingerprint density at radius 2 is 2.17 bits per heavy atom. The number of carbonyl (C=O) groups is 1. The van der Waals surface area contributed by atoms with Crippen molar-refractivity contribution in [3.8, 4) is 0 Å². The van der Waals surface area contributed by atoms with Crippen LogP contribution >= 0.6 is 23.8 Å². The first kappa shape index (κ1) is 17.7. The summed E-state index contributed by atoms with van der Waals surface area (Å²) in [5, 5.41) is 6.46. The van der Waals surface area contributed by atoms with Crippen LogP contribution in [0.4, 0.5) is 4.39 Å². The molecule has 0 spiro atoms. The molecule has 1 heterocycles. The van der Waals surface area contributed by atoms with Crippen molar-refractivity contribution < 1.29 is 13.9 Å². The van der Waals surface area contributed by atoms with Gasteiger partial charge in [-0.25, -0.2) is 9.18 Å². The molecule has 0 radical (unpaired) electrons. The molecule has 0 aromatic heterocycles. The Morgan fingerprint density at radius 1 is 1.43 bits per heavy atom. The maximum atomic E-state index is 14.3. The highest BCUT2D eigenvalue weighted by Crippen LogP contribution is 2.34. The molecule has 1 aromatic rings. The van der Waals surface area contributed by atoms with Crippen LogP contribution in [-0.2, 0) is 9.53 Å². The van der Waals surface area contributed by atoms with Crippen molar-refractivity contribution in [2.24, 2.45) is 0 Å². The number of esters is 1. The van der Waals surface area contributed by atoms with Crippen molar-refractivity contribution >= 4 is 34.9 Å². The van der Waals surface area contributed by atoms with E-state index in [2.05, 4.69) is 10.6 Å². The summed E-state index contributed by atoms with van der Waals surface area (Å²) >= 11 is 11.4. The molecule has 1 atom stereocenters. The fraction of sp³-hybridized carbons (Fsp3) is 0.375. The summed E-state index contributed by atoms with van der Waals surface area (Å²) in [5.74, 6) is -1.01. The van der Waals surface area contributed by atoms with Gasteiger partial charge in [-0.2, -0.15) is 0 Å². The lowest BCUT2D eigenvalue weighted by Crippen LogP contribution is -2.46. The van der Waals surface area contributed by atoms with Gasteiger partial charge in [0.15, 0.2) is 5.11 Å². The summed E-state index contributed by atoms with van der Waals surface area (Å²) in [6.07, 6.45) is 1.39. The van der Waals surface area contributed by atoms with Crippen LogP contribution in [0.15, 0.2) is 29.5 Å². The van der Waals surface area contributed by atoms with Crippen molar-refractivity contribution in [1.82, 2.24) is 10.6 Å². The van der Waals surface area contributed by atoms with Gasteiger partial charge >= 0.3 is 5.97 Å². The van der Waals surface area contributed by atoms with Crippen LogP contribution in [0, 0.1) is 5.82 Å². The predicted octanol–water partition coefficient (Wildman–Crippen LogP) is 3.62. The van der Waals surface area contributed by atoms with Crippen LogP contribution in [0.25, 0.3) is 0 Å². The van der Waals surface area contributed by atoms with Crippen LogP contribution in [0.1, 0.15) is 38.3 Å². The second-order valence-electron chi connectivity index (χ2n) is 5.03. The minimum absolute atomic E-state index is 0.190. The van der Waals surface area contributed by atoms with Gasteiger partial charge in [0.2, 0.25) is 0 Å². The molecule has 7 heteroatoms. The van der Waals surface area contributed by atoms with E-state index in [1.54, 1.807) is 13.0 Å². The van der Waals surface area contributed by atoms with Crippen molar-refractivity contribution in [3.05, 3.63) is 45.9 Å². The average molecular weight is 357 g/mol. The smallest absolute Gasteiger partial charge is 0.338 e. The van der Waals surface area contributed by atoms with Crippen LogP contribution in [0.2, 0.25) is 5.02 Å². The minimum Gasteiger partial charge on any atom is -0.463 e. The van der Waals surface area contributed by atoms with E-state index in [0.29, 0.717) is 22.8 Å². The SMILES string of the molecule is CCCC1=C(C(=O)OCC)[C@@H](c2c(F)cccc2Cl)NC(=S)N1. The van der Waals surface area contributed by atoms with Gasteiger partial charge in [0.05, 0.1) is 18.2 Å². The summed E-state index contributed by atoms with van der Waals surface area (Å²) in [4.78, 5) is 12.4. The maximum absolute atomic E-state index is 14.3. The number of hydrogen-bond acceptors (Lipinski definition) is 3. The lowest BCUT2D eigenvalue weighted by molar-refractivity contribution is -0.139. The van der Waals surface area contributed by atoms with Gasteiger partial charge in [0, 0.05) is 16.3 Å². The fourth-order valence-corrected chi connectivity index (χ4v) is 3.03. The van der Waals surface area contributed by atoms with E-state index in [1.807, 2.05) is 6.92 Å². The monoisotopic (exact) mass is 356 g/mol. The molecule has 2 N–H and O–H groups in total. The Morgan fingerprint density at radius 3 is 2.78 bits per heavy atom. The topological polar surface area (TPSA) is 50.4 Å². The summed E-state index contributed by atoms with van der Waals surface area (Å²) in [7, 11) is 0. The van der Waals surface area contributed by atoms with Gasteiger partial charge in [-0.05, 0) is 37.7 Å². The van der Waals surface area contributed by atoms with Gasteiger partial charge in [-0.3, -0.25) is 0 Å². The van der Waals surface area contributed by atoms with Crippen LogP contribution in [0.5, 0.6) is 0 Å². The largest absolute Gasteiger partial charge is 0.463 e. The quantitative estimate of drug-likeness (QED) is 0.623. The first-order valence-corrected chi connectivity index (χ1v) is 8.19. The molecular weight excluding hydrogens is 339 g/mol. The highest BCUT2D eigenvalue weighted by Gasteiger charge is 2.34. The Labute approximate surface area is 145 Å². The molecule has 0 aliphatic carbocycles. The minimum atomic E-state index is -0.780. The zero-order valence-electron chi connectivity index (χ0n) is 12.9. The van der Waals surface area contributed by atoms with Crippen LogP contribution in [-0.4, -0.2) is 17.7 Å². The third kappa shape index (κ3) is 3.82. The Kier molecular flexibility index (Phi) is 5.96. The van der Waals surface area contributed by atoms with E-state index in [1.165, 1.54) is 12.1 Å². The average Bonchev–Trinajstić information content (AvgIpc) is 2.47. The molecule has 0 fully saturated rings. The van der Waals surface area contributed by atoms with E-state index in [9.17, 15) is 9.18 Å². The molecule has 1 aliphatic heterocycles. The molecule has 124 valence electrons. The van der Waals surface area contributed by atoms with E-state index in [0.717, 1.165) is 6.42 Å². The first-order valence-electron chi connectivity index (χ1n) is 7.41. The maximum Gasteiger partial charge on any atom is 0.338 e.